The summed E-state index contributed by atoms with van der Waals surface area (Å²) in [5, 5.41) is 3.45. The van der Waals surface area contributed by atoms with Crippen LogP contribution in [0.25, 0.3) is 0 Å². The molecule has 0 aromatic carbocycles. The van der Waals surface area contributed by atoms with E-state index in [0.717, 1.165) is 31.5 Å². The summed E-state index contributed by atoms with van der Waals surface area (Å²) in [7, 11) is 0. The second kappa shape index (κ2) is 7.83. The summed E-state index contributed by atoms with van der Waals surface area (Å²) in [6.07, 6.45) is 6.80. The minimum Gasteiger partial charge on any atom is -0.474 e. The van der Waals surface area contributed by atoms with Crippen LogP contribution >= 0.6 is 0 Å². The minimum atomic E-state index is -2.59. The molecule has 0 unspecified atom stereocenters. The number of rotatable bonds is 6. The lowest BCUT2D eigenvalue weighted by molar-refractivity contribution is -0.0759. The molecule has 2 aromatic heterocycles. The lowest BCUT2D eigenvalue weighted by Gasteiger charge is -2.57. The number of nitrogens with one attached hydrogen (secondary N) is 1. The molecule has 3 N–H and O–H groups in total. The number of pyridine rings is 1. The summed E-state index contributed by atoms with van der Waals surface area (Å²) in [6, 6.07) is 5.40. The summed E-state index contributed by atoms with van der Waals surface area (Å²) < 4.78 is 32.7. The minimum absolute atomic E-state index is 0.0341. The van der Waals surface area contributed by atoms with Gasteiger partial charge in [0, 0.05) is 44.4 Å². The number of carbonyl (C=O) groups is 1. The smallest absolute Gasteiger partial charge is 0.254 e. The first kappa shape index (κ1) is 20.8. The standard InChI is InChI=1S/C22H26F2N6O2/c23-22(24)4-8-30(9-5-22)20-27-7-3-17(29-20)28-14-10-21(11-14)12-15(13-21)32-19-16(18(25)31)2-1-6-26-19/h1-3,6-7,14-15H,4-5,8-13H2,(H2,25,31)(H,27,28,29). The first-order chi connectivity index (χ1) is 15.3. The van der Waals surface area contributed by atoms with Crippen LogP contribution in [0.2, 0.25) is 0 Å². The molecular formula is C22H26F2N6O2. The zero-order valence-corrected chi connectivity index (χ0v) is 17.6. The predicted molar refractivity (Wildman–Crippen MR) is 114 cm³/mol. The number of primary amides is 1. The fourth-order valence-electron chi connectivity index (χ4n) is 5.06. The van der Waals surface area contributed by atoms with Crippen molar-refractivity contribution >= 4 is 17.7 Å². The van der Waals surface area contributed by atoms with E-state index in [2.05, 4.69) is 20.3 Å². The Morgan fingerprint density at radius 1 is 1.12 bits per heavy atom. The predicted octanol–water partition coefficient (Wildman–Crippen LogP) is 3.01. The first-order valence-electron chi connectivity index (χ1n) is 10.9. The summed E-state index contributed by atoms with van der Waals surface area (Å²) in [5.41, 5.74) is 5.94. The van der Waals surface area contributed by atoms with E-state index >= 15 is 0 Å². The summed E-state index contributed by atoms with van der Waals surface area (Å²) in [5.74, 6) is -1.61. The Morgan fingerprint density at radius 2 is 1.88 bits per heavy atom. The van der Waals surface area contributed by atoms with Crippen molar-refractivity contribution in [3.63, 3.8) is 0 Å². The molecule has 3 heterocycles. The van der Waals surface area contributed by atoms with E-state index in [-0.39, 0.29) is 37.5 Å². The molecular weight excluding hydrogens is 418 g/mol. The largest absolute Gasteiger partial charge is 0.474 e. The Labute approximate surface area is 184 Å². The summed E-state index contributed by atoms with van der Waals surface area (Å²) in [6.45, 7) is 0.524. The van der Waals surface area contributed by atoms with E-state index < -0.39 is 11.8 Å². The van der Waals surface area contributed by atoms with Gasteiger partial charge in [0.2, 0.25) is 11.8 Å². The van der Waals surface area contributed by atoms with Gasteiger partial charge < -0.3 is 20.7 Å². The number of nitrogens with zero attached hydrogens (tertiary/aromatic N) is 4. The molecule has 2 aliphatic carbocycles. The van der Waals surface area contributed by atoms with Crippen LogP contribution in [-0.2, 0) is 0 Å². The van der Waals surface area contributed by atoms with E-state index in [0.29, 0.717) is 23.4 Å². The van der Waals surface area contributed by atoms with Crippen LogP contribution in [0.4, 0.5) is 20.5 Å². The van der Waals surface area contributed by atoms with Gasteiger partial charge in [0.25, 0.3) is 11.8 Å². The Bertz CT molecular complexity index is 995. The molecule has 3 fully saturated rings. The second-order valence-corrected chi connectivity index (χ2v) is 9.20. The maximum atomic E-state index is 13.4. The Hall–Kier alpha value is -3.04. The van der Waals surface area contributed by atoms with Crippen LogP contribution in [0.5, 0.6) is 5.88 Å². The highest BCUT2D eigenvalue weighted by molar-refractivity contribution is 5.94. The number of amides is 1. The Morgan fingerprint density at radius 3 is 2.59 bits per heavy atom. The molecule has 2 saturated carbocycles. The lowest BCUT2D eigenvalue weighted by Crippen LogP contribution is -2.56. The molecule has 1 spiro atoms. The fraction of sp³-hybridized carbons (Fsp3) is 0.545. The third kappa shape index (κ3) is 4.18. The Kier molecular flexibility index (Phi) is 5.10. The number of halogens is 2. The molecule has 5 rings (SSSR count). The van der Waals surface area contributed by atoms with Crippen LogP contribution in [0.3, 0.4) is 0 Å². The van der Waals surface area contributed by atoms with Crippen molar-refractivity contribution in [3.05, 3.63) is 36.2 Å². The maximum Gasteiger partial charge on any atom is 0.254 e. The number of hydrogen-bond acceptors (Lipinski definition) is 7. The quantitative estimate of drug-likeness (QED) is 0.705. The molecule has 32 heavy (non-hydrogen) atoms. The van der Waals surface area contributed by atoms with E-state index in [9.17, 15) is 13.6 Å². The third-order valence-corrected chi connectivity index (χ3v) is 6.77. The SMILES string of the molecule is NC(=O)c1cccnc1OC1CC2(CC(Nc3ccnc(N4CCC(F)(F)CC4)n3)C2)C1. The van der Waals surface area contributed by atoms with Crippen molar-refractivity contribution < 1.29 is 18.3 Å². The van der Waals surface area contributed by atoms with Crippen LogP contribution in [0.1, 0.15) is 48.9 Å². The van der Waals surface area contributed by atoms with Crippen LogP contribution in [0.15, 0.2) is 30.6 Å². The van der Waals surface area contributed by atoms with Crippen molar-refractivity contribution in [3.8, 4) is 5.88 Å². The number of aromatic nitrogens is 3. The van der Waals surface area contributed by atoms with Gasteiger partial charge in [-0.15, -0.1) is 0 Å². The van der Waals surface area contributed by atoms with E-state index in [4.69, 9.17) is 10.5 Å². The number of hydrogen-bond donors (Lipinski definition) is 2. The number of ether oxygens (including phenoxy) is 1. The van der Waals surface area contributed by atoms with E-state index in [1.807, 2.05) is 11.0 Å². The summed E-state index contributed by atoms with van der Waals surface area (Å²) in [4.78, 5) is 26.3. The van der Waals surface area contributed by atoms with Crippen LogP contribution < -0.4 is 20.7 Å². The highest BCUT2D eigenvalue weighted by Gasteiger charge is 2.54. The normalized spacial score (nSPS) is 28.5. The van der Waals surface area contributed by atoms with Crippen molar-refractivity contribution in [2.24, 2.45) is 11.1 Å². The molecule has 0 radical (unpaired) electrons. The van der Waals surface area contributed by atoms with Gasteiger partial charge in [-0.3, -0.25) is 4.79 Å². The average molecular weight is 444 g/mol. The van der Waals surface area contributed by atoms with Gasteiger partial charge in [-0.2, -0.15) is 4.98 Å². The molecule has 3 aliphatic rings. The zero-order chi connectivity index (χ0) is 22.3. The van der Waals surface area contributed by atoms with Gasteiger partial charge in [0.15, 0.2) is 0 Å². The zero-order valence-electron chi connectivity index (χ0n) is 17.6. The van der Waals surface area contributed by atoms with Crippen molar-refractivity contribution in [2.45, 2.75) is 56.6 Å². The number of piperidine rings is 1. The van der Waals surface area contributed by atoms with Crippen molar-refractivity contribution in [1.82, 2.24) is 15.0 Å². The monoisotopic (exact) mass is 444 g/mol. The van der Waals surface area contributed by atoms with Gasteiger partial charge in [0.1, 0.15) is 17.5 Å². The first-order valence-corrected chi connectivity index (χ1v) is 10.9. The van der Waals surface area contributed by atoms with Gasteiger partial charge in [-0.1, -0.05) is 0 Å². The van der Waals surface area contributed by atoms with Crippen molar-refractivity contribution in [1.29, 1.82) is 0 Å². The molecule has 10 heteroatoms. The number of carbonyl (C=O) groups excluding carboxylic acids is 1. The fourth-order valence-corrected chi connectivity index (χ4v) is 5.06. The molecule has 8 nitrogen and oxygen atoms in total. The molecule has 2 aromatic rings. The van der Waals surface area contributed by atoms with Gasteiger partial charge in [-0.25, -0.2) is 18.7 Å². The molecule has 1 amide bonds. The maximum absolute atomic E-state index is 13.4. The average Bonchev–Trinajstić information content (AvgIpc) is 2.71. The number of nitrogens with two attached hydrogens (primary N) is 1. The van der Waals surface area contributed by atoms with Gasteiger partial charge in [0.05, 0.1) is 0 Å². The highest BCUT2D eigenvalue weighted by atomic mass is 19.3. The molecule has 1 aliphatic heterocycles. The molecule has 0 bridgehead atoms. The lowest BCUT2D eigenvalue weighted by atomic mass is 9.53. The second-order valence-electron chi connectivity index (χ2n) is 9.20. The van der Waals surface area contributed by atoms with Crippen LogP contribution in [-0.4, -0.2) is 52.0 Å². The van der Waals surface area contributed by atoms with E-state index in [1.165, 1.54) is 0 Å². The van der Waals surface area contributed by atoms with Gasteiger partial charge >= 0.3 is 0 Å². The van der Waals surface area contributed by atoms with Crippen molar-refractivity contribution in [2.75, 3.05) is 23.3 Å². The van der Waals surface area contributed by atoms with E-state index in [1.54, 1.807) is 24.5 Å². The summed E-state index contributed by atoms with van der Waals surface area (Å²) >= 11 is 0. The third-order valence-electron chi connectivity index (χ3n) is 6.77. The highest BCUT2D eigenvalue weighted by Crippen LogP contribution is 2.57. The molecule has 0 atom stereocenters. The van der Waals surface area contributed by atoms with Crippen LogP contribution in [0, 0.1) is 5.41 Å². The molecule has 170 valence electrons. The number of anilines is 2. The molecule has 1 saturated heterocycles. The number of alkyl halides is 2. The topological polar surface area (TPSA) is 106 Å². The Balaban J connectivity index is 1.11. The van der Waals surface area contributed by atoms with Gasteiger partial charge in [-0.05, 0) is 49.3 Å².